The van der Waals surface area contributed by atoms with Crippen molar-refractivity contribution in [1.82, 2.24) is 9.55 Å². The highest BCUT2D eigenvalue weighted by molar-refractivity contribution is 6.32. The number of Topliss-reactive ketones (excluding diaryl/α,β-unsaturated/α-hetero) is 1. The van der Waals surface area contributed by atoms with E-state index in [0.717, 1.165) is 18.4 Å². The molecular formula is C19H21ClN2O3. The molecule has 0 spiro atoms. The second-order valence-corrected chi connectivity index (χ2v) is 7.09. The van der Waals surface area contributed by atoms with E-state index in [1.54, 1.807) is 6.07 Å². The van der Waals surface area contributed by atoms with Gasteiger partial charge in [0.2, 0.25) is 5.88 Å². The highest BCUT2D eigenvalue weighted by atomic mass is 35.5. The van der Waals surface area contributed by atoms with E-state index in [-0.39, 0.29) is 17.9 Å². The van der Waals surface area contributed by atoms with Crippen molar-refractivity contribution in [3.05, 3.63) is 56.1 Å². The van der Waals surface area contributed by atoms with Crippen LogP contribution in [0.4, 0.5) is 0 Å². The zero-order valence-electron chi connectivity index (χ0n) is 14.4. The molecule has 132 valence electrons. The van der Waals surface area contributed by atoms with Crippen LogP contribution in [0, 0.1) is 0 Å². The number of carbonyl (C=O) groups is 1. The normalized spacial score (nSPS) is 13.8. The van der Waals surface area contributed by atoms with E-state index < -0.39 is 17.2 Å². The van der Waals surface area contributed by atoms with Crippen LogP contribution in [0.25, 0.3) is 0 Å². The van der Waals surface area contributed by atoms with Gasteiger partial charge in [-0.15, -0.1) is 0 Å². The van der Waals surface area contributed by atoms with Gasteiger partial charge >= 0.3 is 0 Å². The minimum Gasteiger partial charge on any atom is -0.493 e. The minimum absolute atomic E-state index is 0.0385. The number of carbonyl (C=O) groups excluding carboxylic acids is 1. The average molecular weight is 361 g/mol. The van der Waals surface area contributed by atoms with Gasteiger partial charge in [-0.3, -0.25) is 14.2 Å². The molecule has 1 N–H and O–H groups in total. The molecule has 0 amide bonds. The number of hydrogen-bond acceptors (Lipinski definition) is 4. The van der Waals surface area contributed by atoms with Gasteiger partial charge in [0.05, 0.1) is 0 Å². The number of aryl methyl sites for hydroxylation is 1. The van der Waals surface area contributed by atoms with Gasteiger partial charge in [-0.1, -0.05) is 43.6 Å². The quantitative estimate of drug-likeness (QED) is 0.847. The van der Waals surface area contributed by atoms with Gasteiger partial charge in [-0.05, 0) is 29.9 Å². The van der Waals surface area contributed by atoms with Crippen molar-refractivity contribution in [2.24, 2.45) is 0 Å². The SMILES string of the molecule is CC(C)c1cccc(CC(=O)c2c(O)nc3n(c2=O)CCCC3)c1Cl. The number of aromatic nitrogens is 2. The van der Waals surface area contributed by atoms with Crippen molar-refractivity contribution < 1.29 is 9.90 Å². The first kappa shape index (κ1) is 17.7. The lowest BCUT2D eigenvalue weighted by molar-refractivity contribution is 0.0987. The molecule has 2 heterocycles. The molecule has 2 aromatic rings. The largest absolute Gasteiger partial charge is 0.493 e. The van der Waals surface area contributed by atoms with Gasteiger partial charge in [0.25, 0.3) is 5.56 Å². The van der Waals surface area contributed by atoms with Crippen molar-refractivity contribution in [1.29, 1.82) is 0 Å². The third-order valence-electron chi connectivity index (χ3n) is 4.62. The van der Waals surface area contributed by atoms with E-state index in [0.29, 0.717) is 29.4 Å². The highest BCUT2D eigenvalue weighted by Gasteiger charge is 2.24. The van der Waals surface area contributed by atoms with Crippen LogP contribution in [0.5, 0.6) is 5.88 Å². The summed E-state index contributed by atoms with van der Waals surface area (Å²) in [5, 5.41) is 10.7. The Morgan fingerprint density at radius 2 is 2.12 bits per heavy atom. The third-order valence-corrected chi connectivity index (χ3v) is 5.08. The highest BCUT2D eigenvalue weighted by Crippen LogP contribution is 2.28. The Morgan fingerprint density at radius 3 is 2.84 bits per heavy atom. The fourth-order valence-corrected chi connectivity index (χ4v) is 3.66. The smallest absolute Gasteiger partial charge is 0.268 e. The molecule has 25 heavy (non-hydrogen) atoms. The number of benzene rings is 1. The first-order valence-corrected chi connectivity index (χ1v) is 8.91. The summed E-state index contributed by atoms with van der Waals surface area (Å²) in [5.74, 6) is -0.157. The van der Waals surface area contributed by atoms with Crippen molar-refractivity contribution >= 4 is 17.4 Å². The predicted octanol–water partition coefficient (Wildman–Crippen LogP) is 3.49. The van der Waals surface area contributed by atoms with Crippen molar-refractivity contribution in [3.8, 4) is 5.88 Å². The van der Waals surface area contributed by atoms with Crippen molar-refractivity contribution in [3.63, 3.8) is 0 Å². The van der Waals surface area contributed by atoms with Crippen LogP contribution in [-0.4, -0.2) is 20.4 Å². The van der Waals surface area contributed by atoms with Crippen molar-refractivity contribution in [2.75, 3.05) is 0 Å². The molecule has 1 aliphatic rings. The van der Waals surface area contributed by atoms with E-state index in [1.807, 2.05) is 26.0 Å². The zero-order valence-corrected chi connectivity index (χ0v) is 15.1. The Bertz CT molecular complexity index is 887. The number of aromatic hydroxyl groups is 1. The molecule has 1 aromatic carbocycles. The molecule has 1 aliphatic heterocycles. The van der Waals surface area contributed by atoms with E-state index in [9.17, 15) is 14.7 Å². The molecule has 6 heteroatoms. The maximum Gasteiger partial charge on any atom is 0.268 e. The lowest BCUT2D eigenvalue weighted by atomic mass is 9.97. The van der Waals surface area contributed by atoms with Gasteiger partial charge in [0.15, 0.2) is 5.78 Å². The summed E-state index contributed by atoms with van der Waals surface area (Å²) in [7, 11) is 0. The Morgan fingerprint density at radius 1 is 1.36 bits per heavy atom. The van der Waals surface area contributed by atoms with Gasteiger partial charge < -0.3 is 5.11 Å². The number of ketones is 1. The maximum atomic E-state index is 12.7. The van der Waals surface area contributed by atoms with Gasteiger partial charge in [-0.2, -0.15) is 4.98 Å². The number of nitrogens with zero attached hydrogens (tertiary/aromatic N) is 2. The number of hydrogen-bond donors (Lipinski definition) is 1. The summed E-state index contributed by atoms with van der Waals surface area (Å²) < 4.78 is 1.50. The Balaban J connectivity index is 1.98. The minimum atomic E-state index is -0.473. The van der Waals surface area contributed by atoms with Crippen LogP contribution < -0.4 is 5.56 Å². The molecule has 0 atom stereocenters. The van der Waals surface area contributed by atoms with Crippen LogP contribution in [0.2, 0.25) is 5.02 Å². The maximum absolute atomic E-state index is 12.7. The summed E-state index contributed by atoms with van der Waals surface area (Å²) in [6.45, 7) is 4.59. The Hall–Kier alpha value is -2.14. The summed E-state index contributed by atoms with van der Waals surface area (Å²) in [5.41, 5.74) is 0.913. The van der Waals surface area contributed by atoms with Crippen LogP contribution in [-0.2, 0) is 19.4 Å². The lowest BCUT2D eigenvalue weighted by Gasteiger charge is -2.18. The van der Waals surface area contributed by atoms with E-state index >= 15 is 0 Å². The Kier molecular flexibility index (Phi) is 4.95. The summed E-state index contributed by atoms with van der Waals surface area (Å²) in [4.78, 5) is 29.4. The third kappa shape index (κ3) is 3.33. The number of rotatable bonds is 4. The van der Waals surface area contributed by atoms with Gasteiger partial charge in [-0.25, -0.2) is 0 Å². The van der Waals surface area contributed by atoms with Crippen LogP contribution in [0.1, 0.15) is 59.9 Å². The van der Waals surface area contributed by atoms with Crippen LogP contribution in [0.3, 0.4) is 0 Å². The van der Waals surface area contributed by atoms with E-state index in [4.69, 9.17) is 11.6 Å². The lowest BCUT2D eigenvalue weighted by Crippen LogP contribution is -2.33. The van der Waals surface area contributed by atoms with E-state index in [1.165, 1.54) is 4.57 Å². The fourth-order valence-electron chi connectivity index (χ4n) is 3.25. The first-order chi connectivity index (χ1) is 11.9. The Labute approximate surface area is 151 Å². The van der Waals surface area contributed by atoms with Crippen molar-refractivity contribution in [2.45, 2.75) is 52.0 Å². The molecule has 0 bridgehead atoms. The molecular weight excluding hydrogens is 340 g/mol. The second kappa shape index (κ2) is 7.00. The monoisotopic (exact) mass is 360 g/mol. The number of halogens is 1. The molecule has 0 saturated heterocycles. The van der Waals surface area contributed by atoms with E-state index in [2.05, 4.69) is 4.98 Å². The van der Waals surface area contributed by atoms with Gasteiger partial charge in [0.1, 0.15) is 11.4 Å². The molecule has 0 aliphatic carbocycles. The van der Waals surface area contributed by atoms with Crippen LogP contribution in [0.15, 0.2) is 23.0 Å². The molecule has 0 fully saturated rings. The molecule has 0 radical (unpaired) electrons. The zero-order chi connectivity index (χ0) is 18.1. The van der Waals surface area contributed by atoms with Crippen LogP contribution >= 0.6 is 11.6 Å². The summed E-state index contributed by atoms with van der Waals surface area (Å²) in [6.07, 6.45) is 2.40. The van der Waals surface area contributed by atoms with Gasteiger partial charge in [0, 0.05) is 24.4 Å². The summed E-state index contributed by atoms with van der Waals surface area (Å²) >= 11 is 6.42. The standard InChI is InChI=1S/C19H21ClN2O3/c1-11(2)13-7-5-6-12(17(13)20)10-14(23)16-18(24)21-15-8-3-4-9-22(15)19(16)25/h5-7,11,24H,3-4,8-10H2,1-2H3. The number of fused-ring (bicyclic) bond motifs is 1. The predicted molar refractivity (Wildman–Crippen MR) is 96.7 cm³/mol. The fraction of sp³-hybridized carbons (Fsp3) is 0.421. The molecule has 5 nitrogen and oxygen atoms in total. The second-order valence-electron chi connectivity index (χ2n) is 6.72. The molecule has 1 aromatic heterocycles. The topological polar surface area (TPSA) is 72.2 Å². The molecule has 3 rings (SSSR count). The first-order valence-electron chi connectivity index (χ1n) is 8.53. The molecule has 0 unspecified atom stereocenters. The average Bonchev–Trinajstić information content (AvgIpc) is 2.56. The summed E-state index contributed by atoms with van der Waals surface area (Å²) in [6, 6.07) is 5.54. The molecule has 0 saturated carbocycles.